The lowest BCUT2D eigenvalue weighted by Crippen LogP contribution is -2.11. The first-order valence-corrected chi connectivity index (χ1v) is 5.20. The summed E-state index contributed by atoms with van der Waals surface area (Å²) in [6.45, 7) is 3.91. The van der Waals surface area contributed by atoms with E-state index in [1.54, 1.807) is 24.0 Å². The van der Waals surface area contributed by atoms with Gasteiger partial charge in [0.2, 0.25) is 5.78 Å². The fourth-order valence-corrected chi connectivity index (χ4v) is 1.90. The molecule has 0 N–H and O–H groups in total. The Balaban J connectivity index is 2.54. The van der Waals surface area contributed by atoms with Gasteiger partial charge >= 0.3 is 0 Å². The highest BCUT2D eigenvalue weighted by atomic mass is 16.1. The number of aryl methyl sites for hydroxylation is 3. The van der Waals surface area contributed by atoms with Gasteiger partial charge in [-0.25, -0.2) is 0 Å². The molecule has 1 aromatic heterocycles. The summed E-state index contributed by atoms with van der Waals surface area (Å²) in [6.07, 6.45) is 1.64. The number of hydrogen-bond acceptors (Lipinski definition) is 2. The van der Waals surface area contributed by atoms with E-state index in [9.17, 15) is 4.79 Å². The van der Waals surface area contributed by atoms with Gasteiger partial charge < -0.3 is 0 Å². The summed E-state index contributed by atoms with van der Waals surface area (Å²) >= 11 is 0. The maximum absolute atomic E-state index is 12.3. The average Bonchev–Trinajstić information content (AvgIpc) is 2.64. The van der Waals surface area contributed by atoms with Gasteiger partial charge in [-0.3, -0.25) is 9.48 Å². The first kappa shape index (κ1) is 10.6. The van der Waals surface area contributed by atoms with Crippen molar-refractivity contribution in [1.29, 1.82) is 0 Å². The van der Waals surface area contributed by atoms with Gasteiger partial charge in [0.05, 0.1) is 0 Å². The molecule has 3 nitrogen and oxygen atoms in total. The standard InChI is InChI=1S/C13H14N2O/c1-9-5-4-6-10(2)12(9)13(16)11-7-8-14-15(11)3/h4-8H,1-3H3. The molecule has 0 fully saturated rings. The van der Waals surface area contributed by atoms with Crippen LogP contribution >= 0.6 is 0 Å². The predicted octanol–water partition coefficient (Wildman–Crippen LogP) is 2.27. The second kappa shape index (κ2) is 3.93. The zero-order chi connectivity index (χ0) is 11.7. The summed E-state index contributed by atoms with van der Waals surface area (Å²) in [5.74, 6) is 0.0376. The first-order chi connectivity index (χ1) is 7.61. The molecule has 0 bridgehead atoms. The van der Waals surface area contributed by atoms with Gasteiger partial charge in [-0.15, -0.1) is 0 Å². The van der Waals surface area contributed by atoms with Crippen LogP contribution in [0.2, 0.25) is 0 Å². The van der Waals surface area contributed by atoms with Crippen molar-refractivity contribution in [2.24, 2.45) is 7.05 Å². The van der Waals surface area contributed by atoms with Gasteiger partial charge in [0.15, 0.2) is 0 Å². The van der Waals surface area contributed by atoms with Gasteiger partial charge in [0.25, 0.3) is 0 Å². The SMILES string of the molecule is Cc1cccc(C)c1C(=O)c1ccnn1C. The van der Waals surface area contributed by atoms with Gasteiger partial charge in [-0.05, 0) is 31.0 Å². The lowest BCUT2D eigenvalue weighted by atomic mass is 9.97. The molecule has 0 aliphatic rings. The third-order valence-electron chi connectivity index (χ3n) is 2.76. The highest BCUT2D eigenvalue weighted by molar-refractivity contribution is 6.09. The van der Waals surface area contributed by atoms with Crippen molar-refractivity contribution < 1.29 is 4.79 Å². The normalized spacial score (nSPS) is 10.4. The molecule has 0 radical (unpaired) electrons. The molecule has 1 heterocycles. The van der Waals surface area contributed by atoms with Gasteiger partial charge in [0.1, 0.15) is 5.69 Å². The molecule has 2 rings (SSSR count). The van der Waals surface area contributed by atoms with E-state index >= 15 is 0 Å². The Bertz CT molecular complexity index is 520. The van der Waals surface area contributed by atoms with Crippen LogP contribution in [0.15, 0.2) is 30.5 Å². The lowest BCUT2D eigenvalue weighted by molar-refractivity contribution is 0.102. The van der Waals surface area contributed by atoms with E-state index < -0.39 is 0 Å². The van der Waals surface area contributed by atoms with Crippen LogP contribution in [0.1, 0.15) is 27.2 Å². The van der Waals surface area contributed by atoms with E-state index in [1.165, 1.54) is 0 Å². The van der Waals surface area contributed by atoms with Gasteiger partial charge in [-0.1, -0.05) is 18.2 Å². The van der Waals surface area contributed by atoms with Crippen LogP contribution in [0.3, 0.4) is 0 Å². The minimum Gasteiger partial charge on any atom is -0.287 e. The highest BCUT2D eigenvalue weighted by Gasteiger charge is 2.16. The van der Waals surface area contributed by atoms with Crippen LogP contribution in [0, 0.1) is 13.8 Å². The molecule has 0 unspecified atom stereocenters. The second-order valence-electron chi connectivity index (χ2n) is 3.94. The molecule has 0 spiro atoms. The fraction of sp³-hybridized carbons (Fsp3) is 0.231. The van der Waals surface area contributed by atoms with E-state index in [1.807, 2.05) is 32.0 Å². The molecule has 2 aromatic rings. The predicted molar refractivity (Wildman–Crippen MR) is 62.6 cm³/mol. The number of hydrogen-bond donors (Lipinski definition) is 0. The van der Waals surface area contributed by atoms with Gasteiger partial charge in [-0.2, -0.15) is 5.10 Å². The number of nitrogens with zero attached hydrogens (tertiary/aromatic N) is 2. The molecule has 16 heavy (non-hydrogen) atoms. The molecule has 0 atom stereocenters. The third kappa shape index (κ3) is 1.65. The average molecular weight is 214 g/mol. The summed E-state index contributed by atoms with van der Waals surface area (Å²) in [6, 6.07) is 7.62. The zero-order valence-corrected chi connectivity index (χ0v) is 9.69. The van der Waals surface area contributed by atoms with Crippen LogP contribution in [0.25, 0.3) is 0 Å². The van der Waals surface area contributed by atoms with E-state index in [0.29, 0.717) is 5.69 Å². The van der Waals surface area contributed by atoms with Crippen molar-refractivity contribution in [2.45, 2.75) is 13.8 Å². The Morgan fingerprint density at radius 1 is 1.19 bits per heavy atom. The van der Waals surface area contributed by atoms with Crippen LogP contribution in [-0.4, -0.2) is 15.6 Å². The quantitative estimate of drug-likeness (QED) is 0.719. The maximum Gasteiger partial charge on any atom is 0.211 e. The fourth-order valence-electron chi connectivity index (χ4n) is 1.90. The summed E-state index contributed by atoms with van der Waals surface area (Å²) in [5, 5.41) is 4.02. The molecular formula is C13H14N2O. The van der Waals surface area contributed by atoms with Crippen LogP contribution in [0.5, 0.6) is 0 Å². The first-order valence-electron chi connectivity index (χ1n) is 5.20. The minimum absolute atomic E-state index is 0.0376. The number of carbonyl (C=O) groups is 1. The monoisotopic (exact) mass is 214 g/mol. The molecule has 0 amide bonds. The van der Waals surface area contributed by atoms with Crippen LogP contribution < -0.4 is 0 Å². The zero-order valence-electron chi connectivity index (χ0n) is 9.69. The number of rotatable bonds is 2. The van der Waals surface area contributed by atoms with Crippen molar-refractivity contribution in [3.8, 4) is 0 Å². The second-order valence-corrected chi connectivity index (χ2v) is 3.94. The molecule has 3 heteroatoms. The van der Waals surface area contributed by atoms with Crippen LogP contribution in [0.4, 0.5) is 0 Å². The molecule has 0 saturated heterocycles. The molecule has 82 valence electrons. The summed E-state index contributed by atoms with van der Waals surface area (Å²) in [5.41, 5.74) is 3.42. The van der Waals surface area contributed by atoms with Crippen molar-refractivity contribution >= 4 is 5.78 Å². The summed E-state index contributed by atoms with van der Waals surface area (Å²) in [7, 11) is 1.78. The Morgan fingerprint density at radius 2 is 1.81 bits per heavy atom. The van der Waals surface area contributed by atoms with Crippen molar-refractivity contribution in [3.05, 3.63) is 52.8 Å². The summed E-state index contributed by atoms with van der Waals surface area (Å²) in [4.78, 5) is 12.3. The van der Waals surface area contributed by atoms with Crippen molar-refractivity contribution in [2.75, 3.05) is 0 Å². The van der Waals surface area contributed by atoms with Gasteiger partial charge in [0, 0.05) is 18.8 Å². The molecule has 0 aliphatic heterocycles. The van der Waals surface area contributed by atoms with E-state index in [0.717, 1.165) is 16.7 Å². The van der Waals surface area contributed by atoms with Crippen molar-refractivity contribution in [1.82, 2.24) is 9.78 Å². The number of aromatic nitrogens is 2. The highest BCUT2D eigenvalue weighted by Crippen LogP contribution is 2.17. The Labute approximate surface area is 94.7 Å². The van der Waals surface area contributed by atoms with Crippen LogP contribution in [-0.2, 0) is 7.05 Å². The Kier molecular flexibility index (Phi) is 2.60. The number of benzene rings is 1. The summed E-state index contributed by atoms with van der Waals surface area (Å²) < 4.78 is 1.61. The molecule has 0 saturated carbocycles. The molecular weight excluding hydrogens is 200 g/mol. The molecule has 1 aromatic carbocycles. The largest absolute Gasteiger partial charge is 0.287 e. The van der Waals surface area contributed by atoms with E-state index in [4.69, 9.17) is 0 Å². The Hall–Kier alpha value is -1.90. The minimum atomic E-state index is 0.0376. The molecule has 0 aliphatic carbocycles. The topological polar surface area (TPSA) is 34.9 Å². The third-order valence-corrected chi connectivity index (χ3v) is 2.76. The Morgan fingerprint density at radius 3 is 2.31 bits per heavy atom. The lowest BCUT2D eigenvalue weighted by Gasteiger charge is -2.08. The maximum atomic E-state index is 12.3. The number of carbonyl (C=O) groups excluding carboxylic acids is 1. The van der Waals surface area contributed by atoms with E-state index in [-0.39, 0.29) is 5.78 Å². The smallest absolute Gasteiger partial charge is 0.211 e. The van der Waals surface area contributed by atoms with E-state index in [2.05, 4.69) is 5.10 Å². The van der Waals surface area contributed by atoms with Crippen molar-refractivity contribution in [3.63, 3.8) is 0 Å². The number of ketones is 1.